The Balaban J connectivity index is 1.89. The molecule has 5 nitrogen and oxygen atoms in total. The Hall–Kier alpha value is -0.650. The second kappa shape index (κ2) is 4.08. The van der Waals surface area contributed by atoms with Gasteiger partial charge < -0.3 is 14.2 Å². The van der Waals surface area contributed by atoms with Gasteiger partial charge in [0.25, 0.3) is 0 Å². The van der Waals surface area contributed by atoms with Gasteiger partial charge in [-0.2, -0.15) is 0 Å². The second-order valence-electron chi connectivity index (χ2n) is 4.23. The third kappa shape index (κ3) is 2.30. The van der Waals surface area contributed by atoms with E-state index in [2.05, 4.69) is 5.32 Å². The van der Waals surface area contributed by atoms with Gasteiger partial charge in [0.15, 0.2) is 5.79 Å². The summed E-state index contributed by atoms with van der Waals surface area (Å²) < 4.78 is 16.1. The van der Waals surface area contributed by atoms with Crippen molar-refractivity contribution < 1.29 is 19.0 Å². The minimum Gasteiger partial charge on any atom is -0.462 e. The van der Waals surface area contributed by atoms with Crippen LogP contribution in [0.25, 0.3) is 0 Å². The van der Waals surface area contributed by atoms with E-state index in [-0.39, 0.29) is 18.1 Å². The zero-order valence-electron chi connectivity index (χ0n) is 9.12. The van der Waals surface area contributed by atoms with Crippen molar-refractivity contribution in [2.45, 2.75) is 38.2 Å². The van der Waals surface area contributed by atoms with Crippen LogP contribution >= 0.6 is 0 Å². The summed E-state index contributed by atoms with van der Waals surface area (Å²) in [4.78, 5) is 11.6. The van der Waals surface area contributed by atoms with E-state index in [1.165, 1.54) is 0 Å². The number of carbonyl (C=O) groups is 1. The van der Waals surface area contributed by atoms with Crippen LogP contribution in [0.15, 0.2) is 0 Å². The smallest absolute Gasteiger partial charge is 0.323 e. The molecule has 2 rings (SSSR count). The summed E-state index contributed by atoms with van der Waals surface area (Å²) in [7, 11) is 0. The average Bonchev–Trinajstić information content (AvgIpc) is 2.76. The van der Waals surface area contributed by atoms with E-state index in [4.69, 9.17) is 14.2 Å². The summed E-state index contributed by atoms with van der Waals surface area (Å²) in [6, 6.07) is -0.300. The third-order valence-corrected chi connectivity index (χ3v) is 2.58. The molecule has 2 aliphatic heterocycles. The standard InChI is InChI=1S/C10H17NO4/c1-7(2)15-9(12)8-5-10(6-11-8)13-3-4-14-10/h7-8,11H,3-6H2,1-2H3. The molecular weight excluding hydrogens is 198 g/mol. The highest BCUT2D eigenvalue weighted by Crippen LogP contribution is 2.29. The van der Waals surface area contributed by atoms with Crippen molar-refractivity contribution in [3.63, 3.8) is 0 Å². The normalized spacial score (nSPS) is 28.9. The zero-order chi connectivity index (χ0) is 10.9. The Morgan fingerprint density at radius 2 is 2.13 bits per heavy atom. The summed E-state index contributed by atoms with van der Waals surface area (Å²) >= 11 is 0. The Bertz CT molecular complexity index is 248. The van der Waals surface area contributed by atoms with Crippen molar-refractivity contribution in [1.82, 2.24) is 5.32 Å². The fourth-order valence-electron chi connectivity index (χ4n) is 1.93. The molecule has 2 aliphatic rings. The topological polar surface area (TPSA) is 56.8 Å². The van der Waals surface area contributed by atoms with Gasteiger partial charge in [0.1, 0.15) is 6.04 Å². The van der Waals surface area contributed by atoms with Crippen LogP contribution in [0.2, 0.25) is 0 Å². The molecule has 0 amide bonds. The number of esters is 1. The van der Waals surface area contributed by atoms with Crippen LogP contribution in [0.5, 0.6) is 0 Å². The highest BCUT2D eigenvalue weighted by molar-refractivity contribution is 5.76. The van der Waals surface area contributed by atoms with Gasteiger partial charge in [0.2, 0.25) is 0 Å². The molecule has 0 radical (unpaired) electrons. The zero-order valence-corrected chi connectivity index (χ0v) is 9.12. The van der Waals surface area contributed by atoms with Crippen LogP contribution in [0.4, 0.5) is 0 Å². The molecule has 1 unspecified atom stereocenters. The van der Waals surface area contributed by atoms with Crippen molar-refractivity contribution >= 4 is 5.97 Å². The lowest BCUT2D eigenvalue weighted by Crippen LogP contribution is -2.33. The number of ether oxygens (including phenoxy) is 3. The number of hydrogen-bond acceptors (Lipinski definition) is 5. The lowest BCUT2D eigenvalue weighted by molar-refractivity contribution is -0.156. The van der Waals surface area contributed by atoms with Gasteiger partial charge in [-0.05, 0) is 13.8 Å². The SMILES string of the molecule is CC(C)OC(=O)C1CC2(CN1)OCCO2. The van der Waals surface area contributed by atoms with E-state index in [1.54, 1.807) is 0 Å². The van der Waals surface area contributed by atoms with Crippen molar-refractivity contribution in [2.24, 2.45) is 0 Å². The van der Waals surface area contributed by atoms with Crippen LogP contribution < -0.4 is 5.32 Å². The summed E-state index contributed by atoms with van der Waals surface area (Å²) in [6.45, 7) is 5.45. The van der Waals surface area contributed by atoms with Crippen molar-refractivity contribution in [1.29, 1.82) is 0 Å². The monoisotopic (exact) mass is 215 g/mol. The van der Waals surface area contributed by atoms with E-state index in [1.807, 2.05) is 13.8 Å². The van der Waals surface area contributed by atoms with E-state index in [9.17, 15) is 4.79 Å². The van der Waals surface area contributed by atoms with E-state index < -0.39 is 5.79 Å². The minimum atomic E-state index is -0.583. The van der Waals surface area contributed by atoms with Crippen LogP contribution in [0.1, 0.15) is 20.3 Å². The summed E-state index contributed by atoms with van der Waals surface area (Å²) in [5.41, 5.74) is 0. The fraction of sp³-hybridized carbons (Fsp3) is 0.900. The number of hydrogen-bond donors (Lipinski definition) is 1. The predicted octanol–water partition coefficient (Wildman–Crippen LogP) is 0.0430. The molecule has 15 heavy (non-hydrogen) atoms. The molecule has 0 aliphatic carbocycles. The maximum atomic E-state index is 11.6. The fourth-order valence-corrected chi connectivity index (χ4v) is 1.93. The molecule has 1 N–H and O–H groups in total. The molecule has 0 aromatic rings. The Labute approximate surface area is 89.1 Å². The molecule has 1 atom stereocenters. The largest absolute Gasteiger partial charge is 0.462 e. The molecule has 86 valence electrons. The van der Waals surface area contributed by atoms with E-state index in [0.717, 1.165) is 0 Å². The van der Waals surface area contributed by atoms with Gasteiger partial charge in [-0.1, -0.05) is 0 Å². The van der Waals surface area contributed by atoms with E-state index in [0.29, 0.717) is 26.2 Å². The molecule has 0 saturated carbocycles. The van der Waals surface area contributed by atoms with Gasteiger partial charge in [-0.3, -0.25) is 10.1 Å². The first-order valence-corrected chi connectivity index (χ1v) is 5.33. The molecule has 2 fully saturated rings. The maximum absolute atomic E-state index is 11.6. The number of nitrogens with one attached hydrogen (secondary N) is 1. The first-order chi connectivity index (χ1) is 7.11. The van der Waals surface area contributed by atoms with Gasteiger partial charge in [0, 0.05) is 6.42 Å². The lowest BCUT2D eigenvalue weighted by atomic mass is 10.1. The molecule has 2 heterocycles. The van der Waals surface area contributed by atoms with Crippen LogP contribution in [-0.2, 0) is 19.0 Å². The Morgan fingerprint density at radius 3 is 2.73 bits per heavy atom. The Morgan fingerprint density at radius 1 is 1.47 bits per heavy atom. The number of rotatable bonds is 2. The maximum Gasteiger partial charge on any atom is 0.323 e. The van der Waals surface area contributed by atoms with Gasteiger partial charge in [-0.25, -0.2) is 0 Å². The summed E-state index contributed by atoms with van der Waals surface area (Å²) in [6.07, 6.45) is 0.458. The van der Waals surface area contributed by atoms with Crippen LogP contribution in [0, 0.1) is 0 Å². The minimum absolute atomic E-state index is 0.0822. The second-order valence-corrected chi connectivity index (χ2v) is 4.23. The van der Waals surface area contributed by atoms with Gasteiger partial charge >= 0.3 is 5.97 Å². The highest BCUT2D eigenvalue weighted by atomic mass is 16.7. The third-order valence-electron chi connectivity index (χ3n) is 2.58. The molecule has 0 aromatic carbocycles. The Kier molecular flexibility index (Phi) is 2.95. The average molecular weight is 215 g/mol. The summed E-state index contributed by atoms with van der Waals surface area (Å²) in [5.74, 6) is -0.804. The van der Waals surface area contributed by atoms with Crippen molar-refractivity contribution in [3.8, 4) is 0 Å². The molecule has 2 saturated heterocycles. The molecule has 1 spiro atoms. The molecule has 0 bridgehead atoms. The molecular formula is C10H17NO4. The van der Waals surface area contributed by atoms with E-state index >= 15 is 0 Å². The lowest BCUT2D eigenvalue weighted by Gasteiger charge is -2.20. The van der Waals surface area contributed by atoms with Gasteiger partial charge in [0.05, 0.1) is 25.9 Å². The molecule has 0 aromatic heterocycles. The highest BCUT2D eigenvalue weighted by Gasteiger charge is 2.46. The van der Waals surface area contributed by atoms with Crippen molar-refractivity contribution in [2.75, 3.05) is 19.8 Å². The van der Waals surface area contributed by atoms with Crippen LogP contribution in [0.3, 0.4) is 0 Å². The quantitative estimate of drug-likeness (QED) is 0.659. The predicted molar refractivity (Wildman–Crippen MR) is 52.3 cm³/mol. The number of carbonyl (C=O) groups excluding carboxylic acids is 1. The summed E-state index contributed by atoms with van der Waals surface area (Å²) in [5, 5.41) is 3.07. The van der Waals surface area contributed by atoms with Crippen LogP contribution in [-0.4, -0.2) is 43.7 Å². The first-order valence-electron chi connectivity index (χ1n) is 5.33. The molecule has 5 heteroatoms. The van der Waals surface area contributed by atoms with Gasteiger partial charge in [-0.15, -0.1) is 0 Å². The van der Waals surface area contributed by atoms with Crippen molar-refractivity contribution in [3.05, 3.63) is 0 Å². The first kappa shape index (κ1) is 10.9.